The SMILES string of the molecule is COc1ccccc1OCC(=O)Nc1nnc(C2CC(=O)N(c3ccccc3)C2)o1. The third-order valence-corrected chi connectivity index (χ3v) is 4.66. The smallest absolute Gasteiger partial charge is 0.322 e. The van der Waals surface area contributed by atoms with E-state index < -0.39 is 5.91 Å². The Morgan fingerprint density at radius 3 is 2.63 bits per heavy atom. The van der Waals surface area contributed by atoms with Gasteiger partial charge in [-0.2, -0.15) is 0 Å². The van der Waals surface area contributed by atoms with Gasteiger partial charge in [0.25, 0.3) is 5.91 Å². The quantitative estimate of drug-likeness (QED) is 0.640. The van der Waals surface area contributed by atoms with Crippen molar-refractivity contribution in [2.45, 2.75) is 12.3 Å². The van der Waals surface area contributed by atoms with Crippen molar-refractivity contribution in [3.05, 3.63) is 60.5 Å². The number of hydrogen-bond donors (Lipinski definition) is 1. The number of nitrogens with zero attached hydrogens (tertiary/aromatic N) is 3. The maximum Gasteiger partial charge on any atom is 0.322 e. The molecule has 9 heteroatoms. The molecule has 1 aromatic heterocycles. The molecule has 1 aliphatic rings. The summed E-state index contributed by atoms with van der Waals surface area (Å²) in [5, 5.41) is 10.3. The largest absolute Gasteiger partial charge is 0.493 e. The van der Waals surface area contributed by atoms with E-state index in [9.17, 15) is 9.59 Å². The molecule has 1 aliphatic heterocycles. The van der Waals surface area contributed by atoms with Crippen molar-refractivity contribution in [1.82, 2.24) is 10.2 Å². The number of para-hydroxylation sites is 3. The molecule has 2 amide bonds. The molecule has 0 bridgehead atoms. The first-order valence-corrected chi connectivity index (χ1v) is 9.38. The summed E-state index contributed by atoms with van der Waals surface area (Å²) in [6.45, 7) is 0.192. The summed E-state index contributed by atoms with van der Waals surface area (Å²) in [4.78, 5) is 26.2. The van der Waals surface area contributed by atoms with Gasteiger partial charge in [-0.15, -0.1) is 5.10 Å². The Morgan fingerprint density at radius 1 is 1.13 bits per heavy atom. The first-order chi connectivity index (χ1) is 14.6. The molecule has 1 unspecified atom stereocenters. The van der Waals surface area contributed by atoms with Gasteiger partial charge in [-0.05, 0) is 24.3 Å². The second kappa shape index (κ2) is 8.64. The van der Waals surface area contributed by atoms with E-state index in [1.54, 1.807) is 29.2 Å². The number of carbonyl (C=O) groups is 2. The Kier molecular flexibility index (Phi) is 5.60. The van der Waals surface area contributed by atoms with Crippen molar-refractivity contribution in [2.75, 3.05) is 30.5 Å². The molecule has 1 N–H and O–H groups in total. The van der Waals surface area contributed by atoms with Crippen LogP contribution in [0.25, 0.3) is 0 Å². The van der Waals surface area contributed by atoms with E-state index in [0.717, 1.165) is 5.69 Å². The monoisotopic (exact) mass is 408 g/mol. The van der Waals surface area contributed by atoms with Gasteiger partial charge >= 0.3 is 6.01 Å². The Bertz CT molecular complexity index is 1040. The highest BCUT2D eigenvalue weighted by molar-refractivity contribution is 5.96. The first-order valence-electron chi connectivity index (χ1n) is 9.38. The number of nitrogens with one attached hydrogen (secondary N) is 1. The van der Waals surface area contributed by atoms with Gasteiger partial charge < -0.3 is 18.8 Å². The number of carbonyl (C=O) groups excluding carboxylic acids is 2. The number of ether oxygens (including phenoxy) is 2. The van der Waals surface area contributed by atoms with Crippen molar-refractivity contribution < 1.29 is 23.5 Å². The van der Waals surface area contributed by atoms with Gasteiger partial charge in [0, 0.05) is 18.7 Å². The maximum atomic E-state index is 12.4. The van der Waals surface area contributed by atoms with E-state index in [2.05, 4.69) is 15.5 Å². The van der Waals surface area contributed by atoms with Crippen LogP contribution >= 0.6 is 0 Å². The van der Waals surface area contributed by atoms with Gasteiger partial charge in [0.1, 0.15) is 0 Å². The molecular formula is C21H20N4O5. The van der Waals surface area contributed by atoms with Crippen LogP contribution in [0, 0.1) is 0 Å². The van der Waals surface area contributed by atoms with Gasteiger partial charge in [0.15, 0.2) is 18.1 Å². The van der Waals surface area contributed by atoms with Crippen LogP contribution in [-0.4, -0.2) is 42.3 Å². The molecule has 2 aromatic carbocycles. The van der Waals surface area contributed by atoms with Crippen molar-refractivity contribution in [1.29, 1.82) is 0 Å². The fraction of sp³-hybridized carbons (Fsp3) is 0.238. The third kappa shape index (κ3) is 4.24. The lowest BCUT2D eigenvalue weighted by Crippen LogP contribution is -2.24. The summed E-state index contributed by atoms with van der Waals surface area (Å²) in [7, 11) is 1.52. The fourth-order valence-corrected chi connectivity index (χ4v) is 3.22. The summed E-state index contributed by atoms with van der Waals surface area (Å²) in [6.07, 6.45) is 0.265. The number of amides is 2. The highest BCUT2D eigenvalue weighted by atomic mass is 16.5. The summed E-state index contributed by atoms with van der Waals surface area (Å²) < 4.78 is 16.2. The minimum Gasteiger partial charge on any atom is -0.493 e. The predicted octanol–water partition coefficient (Wildman–Crippen LogP) is 2.62. The average molecular weight is 408 g/mol. The molecule has 0 aliphatic carbocycles. The van der Waals surface area contributed by atoms with Crippen LogP contribution in [0.5, 0.6) is 11.5 Å². The lowest BCUT2D eigenvalue weighted by atomic mass is 10.1. The summed E-state index contributed by atoms with van der Waals surface area (Å²) >= 11 is 0. The van der Waals surface area contributed by atoms with Crippen molar-refractivity contribution >= 4 is 23.5 Å². The molecule has 1 saturated heterocycles. The normalized spacial score (nSPS) is 15.8. The second-order valence-electron chi connectivity index (χ2n) is 6.67. The lowest BCUT2D eigenvalue weighted by molar-refractivity contribution is -0.118. The van der Waals surface area contributed by atoms with Crippen LogP contribution in [-0.2, 0) is 9.59 Å². The van der Waals surface area contributed by atoms with Gasteiger partial charge in [0.2, 0.25) is 11.8 Å². The number of hydrogen-bond acceptors (Lipinski definition) is 7. The number of rotatable bonds is 7. The van der Waals surface area contributed by atoms with Crippen molar-refractivity contribution in [2.24, 2.45) is 0 Å². The van der Waals surface area contributed by atoms with Crippen LogP contribution in [0.4, 0.5) is 11.7 Å². The molecule has 1 atom stereocenters. The van der Waals surface area contributed by atoms with E-state index in [0.29, 0.717) is 23.9 Å². The Hall–Kier alpha value is -3.88. The molecule has 9 nitrogen and oxygen atoms in total. The topological polar surface area (TPSA) is 107 Å². The van der Waals surface area contributed by atoms with Gasteiger partial charge in [-0.3, -0.25) is 14.9 Å². The van der Waals surface area contributed by atoms with Gasteiger partial charge in [-0.25, -0.2) is 0 Å². The summed E-state index contributed by atoms with van der Waals surface area (Å²) in [5.41, 5.74) is 0.825. The van der Waals surface area contributed by atoms with Crippen molar-refractivity contribution in [3.63, 3.8) is 0 Å². The zero-order valence-electron chi connectivity index (χ0n) is 16.3. The van der Waals surface area contributed by atoms with Crippen LogP contribution in [0.15, 0.2) is 59.0 Å². The molecule has 0 saturated carbocycles. The van der Waals surface area contributed by atoms with Gasteiger partial charge in [0.05, 0.1) is 13.0 Å². The standard InChI is InChI=1S/C21H20N4O5/c1-28-16-9-5-6-10-17(16)29-13-18(26)22-21-24-23-20(30-21)14-11-19(27)25(12-14)15-7-3-2-4-8-15/h2-10,14H,11-13H2,1H3,(H,22,24,26). The molecule has 154 valence electrons. The molecule has 0 spiro atoms. The maximum absolute atomic E-state index is 12.4. The first kappa shape index (κ1) is 19.4. The average Bonchev–Trinajstić information content (AvgIpc) is 3.39. The third-order valence-electron chi connectivity index (χ3n) is 4.66. The Morgan fingerprint density at radius 2 is 1.87 bits per heavy atom. The fourth-order valence-electron chi connectivity index (χ4n) is 3.22. The number of benzene rings is 2. The minimum absolute atomic E-state index is 0.0137. The Balaban J connectivity index is 1.34. The van der Waals surface area contributed by atoms with Crippen molar-refractivity contribution in [3.8, 4) is 11.5 Å². The molecule has 0 radical (unpaired) electrons. The molecule has 2 heterocycles. The molecule has 1 fully saturated rings. The van der Waals surface area contributed by atoms with Crippen LogP contribution < -0.4 is 19.7 Å². The highest BCUT2D eigenvalue weighted by Crippen LogP contribution is 2.31. The zero-order chi connectivity index (χ0) is 20.9. The van der Waals surface area contributed by atoms with E-state index in [4.69, 9.17) is 13.9 Å². The minimum atomic E-state index is -0.454. The molecular weight excluding hydrogens is 388 g/mol. The highest BCUT2D eigenvalue weighted by Gasteiger charge is 2.35. The van der Waals surface area contributed by atoms with E-state index in [-0.39, 0.29) is 30.9 Å². The number of aromatic nitrogens is 2. The Labute approximate surface area is 172 Å². The van der Waals surface area contributed by atoms with E-state index >= 15 is 0 Å². The van der Waals surface area contributed by atoms with Crippen LogP contribution in [0.1, 0.15) is 18.2 Å². The second-order valence-corrected chi connectivity index (χ2v) is 6.67. The van der Waals surface area contributed by atoms with E-state index in [1.807, 2.05) is 30.3 Å². The molecule has 30 heavy (non-hydrogen) atoms. The number of anilines is 2. The predicted molar refractivity (Wildman–Crippen MR) is 108 cm³/mol. The summed E-state index contributed by atoms with van der Waals surface area (Å²) in [5.74, 6) is 0.583. The molecule has 4 rings (SSSR count). The van der Waals surface area contributed by atoms with Crippen LogP contribution in [0.2, 0.25) is 0 Å². The van der Waals surface area contributed by atoms with E-state index in [1.165, 1.54) is 7.11 Å². The molecule has 3 aromatic rings. The van der Waals surface area contributed by atoms with Gasteiger partial charge in [-0.1, -0.05) is 35.4 Å². The zero-order valence-corrected chi connectivity index (χ0v) is 16.3. The van der Waals surface area contributed by atoms with Crippen LogP contribution in [0.3, 0.4) is 0 Å². The lowest BCUT2D eigenvalue weighted by Gasteiger charge is -2.15. The number of methoxy groups -OCH3 is 1. The summed E-state index contributed by atoms with van der Waals surface area (Å²) in [6, 6.07) is 16.4.